The Morgan fingerprint density at radius 1 is 1.29 bits per heavy atom. The van der Waals surface area contributed by atoms with Gasteiger partial charge in [-0.05, 0) is 23.8 Å². The minimum Gasteiger partial charge on any atom is -0.445 e. The van der Waals surface area contributed by atoms with Gasteiger partial charge in [0.15, 0.2) is 0 Å². The largest absolute Gasteiger partial charge is 1.00 e. The van der Waals surface area contributed by atoms with E-state index < -0.39 is 12.4 Å². The van der Waals surface area contributed by atoms with Crippen molar-refractivity contribution in [1.82, 2.24) is 0 Å². The van der Waals surface area contributed by atoms with E-state index in [0.29, 0.717) is 5.75 Å². The maximum Gasteiger partial charge on any atom is 1.00 e. The van der Waals surface area contributed by atoms with Gasteiger partial charge in [0.2, 0.25) is 0 Å². The maximum absolute atomic E-state index is 12.2. The Labute approximate surface area is 147 Å². The van der Waals surface area contributed by atoms with Gasteiger partial charge < -0.3 is 12.9 Å². The normalized spacial score (nSPS) is 10.8. The van der Waals surface area contributed by atoms with Crippen LogP contribution in [0.15, 0.2) is 36.3 Å². The van der Waals surface area contributed by atoms with E-state index in [2.05, 4.69) is 6.58 Å². The van der Waals surface area contributed by atoms with Gasteiger partial charge in [0.1, 0.15) is 0 Å². The van der Waals surface area contributed by atoms with E-state index in [9.17, 15) is 12.9 Å². The third-order valence-corrected chi connectivity index (χ3v) is 3.36. The number of hydrogen-bond donors (Lipinski definition) is 0. The number of hydrogen-bond acceptors (Lipinski definition) is 1. The second kappa shape index (κ2) is 8.07. The van der Waals surface area contributed by atoms with Crippen LogP contribution >= 0.6 is 11.8 Å². The second-order valence-corrected chi connectivity index (χ2v) is 4.64. The Kier molecular flexibility index (Phi) is 8.45. The molecule has 0 amide bonds. The molecule has 6 heteroatoms. The summed E-state index contributed by atoms with van der Waals surface area (Å²) in [7, 11) is 0. The first kappa shape index (κ1) is 17.8. The fraction of sp³-hybridized carbons (Fsp3) is 0.273. The fourth-order valence-electron chi connectivity index (χ4n) is 1.16. The standard InChI is InChI=1S/C11H13BF3S.K/c1-9-5-3-4-6-11(9)8-16-7-10(2)12(13,14)15;/h3-6H,2,7-8H2,1H3;/q-1;+1. The van der Waals surface area contributed by atoms with Crippen molar-refractivity contribution in [2.45, 2.75) is 12.7 Å². The van der Waals surface area contributed by atoms with Gasteiger partial charge in [0, 0.05) is 5.75 Å². The van der Waals surface area contributed by atoms with Crippen LogP contribution in [0.4, 0.5) is 12.9 Å². The van der Waals surface area contributed by atoms with Crippen LogP contribution in [-0.2, 0) is 5.75 Å². The van der Waals surface area contributed by atoms with Gasteiger partial charge in [-0.3, -0.25) is 0 Å². The Morgan fingerprint density at radius 2 is 1.88 bits per heavy atom. The van der Waals surface area contributed by atoms with Crippen LogP contribution in [0, 0.1) is 6.92 Å². The van der Waals surface area contributed by atoms with Crippen molar-refractivity contribution in [3.05, 3.63) is 47.4 Å². The zero-order chi connectivity index (χ0) is 12.2. The smallest absolute Gasteiger partial charge is 0.445 e. The second-order valence-electron chi connectivity index (χ2n) is 3.65. The van der Waals surface area contributed by atoms with Gasteiger partial charge in [0.25, 0.3) is 0 Å². The van der Waals surface area contributed by atoms with Gasteiger partial charge in [-0.15, -0.1) is 12.1 Å². The van der Waals surface area contributed by atoms with Gasteiger partial charge in [-0.25, -0.2) is 0 Å². The van der Waals surface area contributed by atoms with Gasteiger partial charge >= 0.3 is 58.4 Å². The van der Waals surface area contributed by atoms with Crippen LogP contribution < -0.4 is 51.4 Å². The van der Waals surface area contributed by atoms with E-state index in [1.165, 1.54) is 11.8 Å². The number of benzene rings is 1. The van der Waals surface area contributed by atoms with E-state index in [1.807, 2.05) is 31.2 Å². The first-order valence-electron chi connectivity index (χ1n) is 4.91. The Bertz CT molecular complexity index is 379. The Morgan fingerprint density at radius 3 is 2.41 bits per heavy atom. The molecule has 1 aromatic rings. The molecular weight excluding hydrogens is 271 g/mol. The summed E-state index contributed by atoms with van der Waals surface area (Å²) < 4.78 is 36.6. The molecule has 1 rings (SSSR count). The maximum atomic E-state index is 12.2. The first-order valence-corrected chi connectivity index (χ1v) is 6.06. The molecule has 0 spiro atoms. The summed E-state index contributed by atoms with van der Waals surface area (Å²) in [5, 5.41) is 0. The number of rotatable bonds is 5. The zero-order valence-corrected chi connectivity index (χ0v) is 14.0. The van der Waals surface area contributed by atoms with Crippen molar-refractivity contribution < 1.29 is 64.3 Å². The van der Waals surface area contributed by atoms with Crippen molar-refractivity contribution >= 4 is 18.7 Å². The van der Waals surface area contributed by atoms with E-state index in [1.54, 1.807) is 0 Å². The van der Waals surface area contributed by atoms with Crippen LogP contribution in [0.5, 0.6) is 0 Å². The summed E-state index contributed by atoms with van der Waals surface area (Å²) >= 11 is 1.25. The van der Waals surface area contributed by atoms with Crippen LogP contribution in [0.3, 0.4) is 0 Å². The number of halogens is 3. The van der Waals surface area contributed by atoms with Crippen LogP contribution in [-0.4, -0.2) is 12.7 Å². The van der Waals surface area contributed by atoms with Crippen molar-refractivity contribution in [3.63, 3.8) is 0 Å². The van der Waals surface area contributed by atoms with Crippen molar-refractivity contribution in [1.29, 1.82) is 0 Å². The SMILES string of the molecule is C=C(CSCc1ccccc1C)[B-](F)(F)F.[K+]. The average molecular weight is 284 g/mol. The molecule has 0 aromatic heterocycles. The molecule has 0 unspecified atom stereocenters. The molecule has 0 bridgehead atoms. The molecule has 0 saturated heterocycles. The summed E-state index contributed by atoms with van der Waals surface area (Å²) in [6.07, 6.45) is 0. The predicted octanol–water partition coefficient (Wildman–Crippen LogP) is 1.18. The van der Waals surface area contributed by atoms with Gasteiger partial charge in [-0.2, -0.15) is 11.8 Å². The van der Waals surface area contributed by atoms with Gasteiger partial charge in [-0.1, -0.05) is 24.3 Å². The van der Waals surface area contributed by atoms with Crippen molar-refractivity contribution in [3.8, 4) is 0 Å². The number of aryl methyl sites for hydroxylation is 1. The molecule has 0 saturated carbocycles. The van der Waals surface area contributed by atoms with Crippen molar-refractivity contribution in [2.24, 2.45) is 0 Å². The number of thioether (sulfide) groups is 1. The topological polar surface area (TPSA) is 0 Å². The molecule has 88 valence electrons. The van der Waals surface area contributed by atoms with E-state index in [0.717, 1.165) is 11.1 Å². The molecule has 0 aliphatic carbocycles. The molecule has 0 atom stereocenters. The molecule has 17 heavy (non-hydrogen) atoms. The fourth-order valence-corrected chi connectivity index (χ4v) is 2.26. The molecule has 0 aliphatic rings. The predicted molar refractivity (Wildman–Crippen MR) is 65.6 cm³/mol. The summed E-state index contributed by atoms with van der Waals surface area (Å²) in [5.74, 6) is 0.551. The molecule has 0 aliphatic heterocycles. The summed E-state index contributed by atoms with van der Waals surface area (Å²) in [6.45, 7) is 0.140. The third kappa shape index (κ3) is 6.50. The first-order chi connectivity index (χ1) is 7.41. The van der Waals surface area contributed by atoms with Crippen LogP contribution in [0.1, 0.15) is 11.1 Å². The van der Waals surface area contributed by atoms with E-state index in [-0.39, 0.29) is 57.1 Å². The van der Waals surface area contributed by atoms with E-state index >= 15 is 0 Å². The average Bonchev–Trinajstić information content (AvgIpc) is 2.19. The molecular formula is C11H13BF3KS. The van der Waals surface area contributed by atoms with Gasteiger partial charge in [0.05, 0.1) is 0 Å². The molecule has 0 N–H and O–H groups in total. The molecule has 0 fully saturated rings. The van der Waals surface area contributed by atoms with Crippen LogP contribution in [0.2, 0.25) is 0 Å². The summed E-state index contributed by atoms with van der Waals surface area (Å²) in [4.78, 5) is 0. The molecule has 1 aromatic carbocycles. The minimum atomic E-state index is -4.88. The van der Waals surface area contributed by atoms with Crippen LogP contribution in [0.25, 0.3) is 0 Å². The zero-order valence-electron chi connectivity index (χ0n) is 10.1. The summed E-state index contributed by atoms with van der Waals surface area (Å²) in [5.41, 5.74) is 1.58. The quantitative estimate of drug-likeness (QED) is 0.732. The van der Waals surface area contributed by atoms with E-state index in [4.69, 9.17) is 0 Å². The third-order valence-electron chi connectivity index (χ3n) is 2.27. The Hall–Kier alpha value is 0.801. The molecule has 0 nitrogen and oxygen atoms in total. The van der Waals surface area contributed by atoms with Crippen molar-refractivity contribution in [2.75, 3.05) is 5.75 Å². The Balaban J connectivity index is 0.00000256. The molecule has 0 heterocycles. The minimum absolute atomic E-state index is 0. The monoisotopic (exact) mass is 284 g/mol. The molecule has 0 radical (unpaired) electrons. The summed E-state index contributed by atoms with van der Waals surface area (Å²) in [6, 6.07) is 7.70.